The van der Waals surface area contributed by atoms with Gasteiger partial charge in [0.1, 0.15) is 0 Å². The zero-order chi connectivity index (χ0) is 18.7. The number of hydrogen-bond donors (Lipinski definition) is 1. The molecule has 0 unspecified atom stereocenters. The Morgan fingerprint density at radius 2 is 2.08 bits per heavy atom. The minimum absolute atomic E-state index is 0.103. The number of nitrogens with one attached hydrogen (secondary N) is 1. The molecule has 0 spiro atoms. The van der Waals surface area contributed by atoms with Crippen molar-refractivity contribution >= 4 is 60.1 Å². The van der Waals surface area contributed by atoms with Gasteiger partial charge in [0.25, 0.3) is 5.91 Å². The maximum atomic E-state index is 12.8. The highest BCUT2D eigenvalue weighted by Gasteiger charge is 2.29. The van der Waals surface area contributed by atoms with Gasteiger partial charge in [0.05, 0.1) is 4.90 Å². The highest BCUT2D eigenvalue weighted by atomic mass is 79.9. The first-order valence-electron chi connectivity index (χ1n) is 7.99. The fourth-order valence-corrected chi connectivity index (χ4v) is 6.63. The molecule has 1 aromatic carbocycles. The van der Waals surface area contributed by atoms with Crippen LogP contribution in [-0.2, 0) is 10.0 Å². The lowest BCUT2D eigenvalue weighted by Gasteiger charge is -2.17. The van der Waals surface area contributed by atoms with Gasteiger partial charge < -0.3 is 0 Å². The Kier molecular flexibility index (Phi) is 6.33. The second-order valence-electron chi connectivity index (χ2n) is 5.52. The van der Waals surface area contributed by atoms with Crippen LogP contribution in [0.5, 0.6) is 0 Å². The van der Waals surface area contributed by atoms with Crippen LogP contribution in [0, 0.1) is 0 Å². The molecule has 2 heterocycles. The van der Waals surface area contributed by atoms with Crippen LogP contribution in [-0.4, -0.2) is 47.7 Å². The van der Waals surface area contributed by atoms with Gasteiger partial charge in [-0.1, -0.05) is 30.0 Å². The second kappa shape index (κ2) is 8.34. The molecule has 1 N–H and O–H groups in total. The van der Waals surface area contributed by atoms with Crippen molar-refractivity contribution in [3.63, 3.8) is 0 Å². The smallest absolute Gasteiger partial charge is 0.257 e. The van der Waals surface area contributed by atoms with Gasteiger partial charge in [-0.3, -0.25) is 10.1 Å². The standard InChI is InChI=1S/C15H17BrN4O3S3/c1-2-24-15-19-18-14(25-15)17-13(21)10-5-6-11(16)12(9-10)26(22,23)20-7-3-4-8-20/h5-6,9H,2-4,7-8H2,1H3,(H,17,18,21). The van der Waals surface area contributed by atoms with E-state index in [2.05, 4.69) is 31.4 Å². The van der Waals surface area contributed by atoms with E-state index in [9.17, 15) is 13.2 Å². The number of aromatic nitrogens is 2. The molecule has 0 bridgehead atoms. The van der Waals surface area contributed by atoms with Crippen molar-refractivity contribution in [2.75, 3.05) is 24.2 Å². The van der Waals surface area contributed by atoms with Crippen LogP contribution in [0.3, 0.4) is 0 Å². The van der Waals surface area contributed by atoms with Crippen LogP contribution >= 0.6 is 39.0 Å². The summed E-state index contributed by atoms with van der Waals surface area (Å²) < 4.78 is 28.3. The van der Waals surface area contributed by atoms with Crippen molar-refractivity contribution in [2.45, 2.75) is 29.0 Å². The van der Waals surface area contributed by atoms with Crippen molar-refractivity contribution in [1.82, 2.24) is 14.5 Å². The van der Waals surface area contributed by atoms with Crippen LogP contribution in [0.2, 0.25) is 0 Å². The summed E-state index contributed by atoms with van der Waals surface area (Å²) in [6, 6.07) is 4.55. The Balaban J connectivity index is 1.83. The summed E-state index contributed by atoms with van der Waals surface area (Å²) in [5, 5.41) is 11.0. The fraction of sp³-hybridized carbons (Fsp3) is 0.400. The number of benzene rings is 1. The largest absolute Gasteiger partial charge is 0.296 e. The summed E-state index contributed by atoms with van der Waals surface area (Å²) in [6.45, 7) is 3.02. The molecule has 1 amide bonds. The number of sulfonamides is 1. The first kappa shape index (κ1) is 19.7. The van der Waals surface area contributed by atoms with Gasteiger partial charge >= 0.3 is 0 Å². The molecule has 0 atom stereocenters. The molecule has 1 aliphatic rings. The average molecular weight is 477 g/mol. The summed E-state index contributed by atoms with van der Waals surface area (Å²) in [5.74, 6) is 0.451. The van der Waals surface area contributed by atoms with Gasteiger partial charge in [0.15, 0.2) is 4.34 Å². The van der Waals surface area contributed by atoms with E-state index >= 15 is 0 Å². The van der Waals surface area contributed by atoms with E-state index in [-0.39, 0.29) is 10.5 Å². The van der Waals surface area contributed by atoms with Gasteiger partial charge in [-0.05, 0) is 52.7 Å². The number of thioether (sulfide) groups is 1. The molecular weight excluding hydrogens is 460 g/mol. The third-order valence-electron chi connectivity index (χ3n) is 3.77. The number of amides is 1. The van der Waals surface area contributed by atoms with E-state index in [1.165, 1.54) is 21.7 Å². The maximum absolute atomic E-state index is 12.8. The third-order valence-corrected chi connectivity index (χ3v) is 8.52. The minimum atomic E-state index is -3.62. The molecule has 1 aliphatic heterocycles. The molecule has 0 saturated carbocycles. The SMILES string of the molecule is CCSc1nnc(NC(=O)c2ccc(Br)c(S(=O)(=O)N3CCCC3)c2)s1. The Morgan fingerprint density at radius 1 is 1.35 bits per heavy atom. The van der Waals surface area contributed by atoms with Gasteiger partial charge in [-0.15, -0.1) is 10.2 Å². The monoisotopic (exact) mass is 476 g/mol. The molecule has 11 heteroatoms. The van der Waals surface area contributed by atoms with E-state index in [4.69, 9.17) is 0 Å². The van der Waals surface area contributed by atoms with E-state index in [0.717, 1.165) is 22.9 Å². The van der Waals surface area contributed by atoms with E-state index in [0.29, 0.717) is 22.7 Å². The number of rotatable bonds is 6. The van der Waals surface area contributed by atoms with Crippen LogP contribution in [0.1, 0.15) is 30.1 Å². The topological polar surface area (TPSA) is 92.3 Å². The fourth-order valence-electron chi connectivity index (χ4n) is 2.52. The lowest BCUT2D eigenvalue weighted by Crippen LogP contribution is -2.28. The molecular formula is C15H17BrN4O3S3. The predicted molar refractivity (Wildman–Crippen MR) is 106 cm³/mol. The van der Waals surface area contributed by atoms with Crippen molar-refractivity contribution in [3.05, 3.63) is 28.2 Å². The summed E-state index contributed by atoms with van der Waals surface area (Å²) >= 11 is 6.12. The van der Waals surface area contributed by atoms with Crippen molar-refractivity contribution in [2.24, 2.45) is 0 Å². The second-order valence-corrected chi connectivity index (χ2v) is 10.8. The number of carbonyl (C=O) groups is 1. The number of nitrogens with zero attached hydrogens (tertiary/aromatic N) is 3. The van der Waals surface area contributed by atoms with Gasteiger partial charge in [0, 0.05) is 23.1 Å². The van der Waals surface area contributed by atoms with Crippen LogP contribution < -0.4 is 5.32 Å². The maximum Gasteiger partial charge on any atom is 0.257 e. The molecule has 1 fully saturated rings. The van der Waals surface area contributed by atoms with Crippen molar-refractivity contribution in [3.8, 4) is 0 Å². The molecule has 7 nitrogen and oxygen atoms in total. The molecule has 26 heavy (non-hydrogen) atoms. The summed E-state index contributed by atoms with van der Waals surface area (Å²) in [7, 11) is -3.62. The van der Waals surface area contributed by atoms with E-state index in [1.54, 1.807) is 23.9 Å². The zero-order valence-electron chi connectivity index (χ0n) is 13.9. The Morgan fingerprint density at radius 3 is 2.77 bits per heavy atom. The number of anilines is 1. The Bertz CT molecular complexity index is 911. The van der Waals surface area contributed by atoms with E-state index < -0.39 is 15.9 Å². The Hall–Kier alpha value is -1.01. The van der Waals surface area contributed by atoms with Crippen LogP contribution in [0.4, 0.5) is 5.13 Å². The quantitative estimate of drug-likeness (QED) is 0.506. The lowest BCUT2D eigenvalue weighted by atomic mass is 10.2. The molecule has 1 saturated heterocycles. The lowest BCUT2D eigenvalue weighted by molar-refractivity contribution is 0.102. The molecule has 0 aliphatic carbocycles. The van der Waals surface area contributed by atoms with Crippen LogP contribution in [0.25, 0.3) is 0 Å². The van der Waals surface area contributed by atoms with Crippen molar-refractivity contribution in [1.29, 1.82) is 0 Å². The Labute approximate surface area is 168 Å². The molecule has 1 aromatic heterocycles. The summed E-state index contributed by atoms with van der Waals surface area (Å²) in [6.07, 6.45) is 1.71. The third kappa shape index (κ3) is 4.28. The van der Waals surface area contributed by atoms with E-state index in [1.807, 2.05) is 6.92 Å². The van der Waals surface area contributed by atoms with Gasteiger partial charge in [0.2, 0.25) is 15.2 Å². The van der Waals surface area contributed by atoms with Gasteiger partial charge in [-0.25, -0.2) is 8.42 Å². The number of carbonyl (C=O) groups excluding carboxylic acids is 1. The van der Waals surface area contributed by atoms with Crippen LogP contribution in [0.15, 0.2) is 31.9 Å². The number of halogens is 1. The normalized spacial score (nSPS) is 15.3. The molecule has 140 valence electrons. The summed E-state index contributed by atoms with van der Waals surface area (Å²) in [5.41, 5.74) is 0.255. The summed E-state index contributed by atoms with van der Waals surface area (Å²) in [4.78, 5) is 12.6. The zero-order valence-corrected chi connectivity index (χ0v) is 18.0. The first-order chi connectivity index (χ1) is 12.4. The molecule has 0 radical (unpaired) electrons. The molecule has 3 rings (SSSR count). The predicted octanol–water partition coefficient (Wildman–Crippen LogP) is 3.45. The highest BCUT2D eigenvalue weighted by Crippen LogP contribution is 2.29. The number of hydrogen-bond acceptors (Lipinski definition) is 7. The average Bonchev–Trinajstić information content (AvgIpc) is 3.28. The molecule has 2 aromatic rings. The highest BCUT2D eigenvalue weighted by molar-refractivity contribution is 9.10. The van der Waals surface area contributed by atoms with Gasteiger partial charge in [-0.2, -0.15) is 4.31 Å². The van der Waals surface area contributed by atoms with Crippen molar-refractivity contribution < 1.29 is 13.2 Å². The first-order valence-corrected chi connectivity index (χ1v) is 12.0. The minimum Gasteiger partial charge on any atom is -0.296 e.